The van der Waals surface area contributed by atoms with E-state index in [2.05, 4.69) is 41.8 Å². The van der Waals surface area contributed by atoms with E-state index < -0.39 is 6.10 Å². The van der Waals surface area contributed by atoms with Crippen LogP contribution in [0.4, 0.5) is 5.69 Å². The van der Waals surface area contributed by atoms with Gasteiger partial charge in [0.15, 0.2) is 12.4 Å². The summed E-state index contributed by atoms with van der Waals surface area (Å²) in [6, 6.07) is 11.4. The maximum absolute atomic E-state index is 11.4. The van der Waals surface area contributed by atoms with E-state index in [-0.39, 0.29) is 24.0 Å². The van der Waals surface area contributed by atoms with E-state index in [0.29, 0.717) is 17.9 Å². The maximum atomic E-state index is 11.4. The van der Waals surface area contributed by atoms with Crippen molar-refractivity contribution in [3.63, 3.8) is 0 Å². The third kappa shape index (κ3) is 4.10. The Balaban J connectivity index is 1.58. The van der Waals surface area contributed by atoms with Gasteiger partial charge in [-0.3, -0.25) is 4.79 Å². The van der Waals surface area contributed by atoms with Gasteiger partial charge in [0.2, 0.25) is 0 Å². The number of hydrogen-bond donors (Lipinski definition) is 4. The fraction of sp³-hybridized carbons (Fsp3) is 0.316. The second kappa shape index (κ2) is 7.55. The first-order chi connectivity index (χ1) is 12.0. The molecule has 4 N–H and O–H groups in total. The molecule has 1 heterocycles. The number of ether oxygens (including phenoxy) is 1. The summed E-state index contributed by atoms with van der Waals surface area (Å²) in [4.78, 5) is 11.4. The maximum Gasteiger partial charge on any atom is 0.262 e. The van der Waals surface area contributed by atoms with Crippen LogP contribution in [0, 0.1) is 6.92 Å². The number of carbonyl (C=O) groups is 1. The summed E-state index contributed by atoms with van der Waals surface area (Å²) in [7, 11) is 0. The molecule has 1 unspecified atom stereocenters. The zero-order valence-corrected chi connectivity index (χ0v) is 14.1. The number of benzene rings is 2. The minimum Gasteiger partial charge on any atom is -0.506 e. The van der Waals surface area contributed by atoms with Gasteiger partial charge in [-0.05, 0) is 37.6 Å². The molecule has 0 aromatic heterocycles. The topological polar surface area (TPSA) is 90.8 Å². The Hall–Kier alpha value is -2.57. The Kier molecular flexibility index (Phi) is 5.21. The number of carbonyl (C=O) groups excluding carboxylic acids is 1. The van der Waals surface area contributed by atoms with Crippen LogP contribution >= 0.6 is 0 Å². The van der Waals surface area contributed by atoms with Crippen LogP contribution in [0.1, 0.15) is 22.8 Å². The van der Waals surface area contributed by atoms with Crippen molar-refractivity contribution in [2.45, 2.75) is 19.4 Å². The number of hydrogen-bond acceptors (Lipinski definition) is 5. The smallest absolute Gasteiger partial charge is 0.262 e. The van der Waals surface area contributed by atoms with E-state index in [4.69, 9.17) is 4.74 Å². The van der Waals surface area contributed by atoms with Gasteiger partial charge in [-0.1, -0.05) is 29.8 Å². The summed E-state index contributed by atoms with van der Waals surface area (Å²) in [6.45, 7) is 3.01. The van der Waals surface area contributed by atoms with Crippen LogP contribution in [0.15, 0.2) is 36.4 Å². The molecule has 6 heteroatoms. The molecule has 0 radical (unpaired) electrons. The van der Waals surface area contributed by atoms with Crippen molar-refractivity contribution in [2.75, 3.05) is 25.0 Å². The Morgan fingerprint density at radius 3 is 2.76 bits per heavy atom. The van der Waals surface area contributed by atoms with E-state index in [0.717, 1.165) is 13.0 Å². The number of anilines is 1. The molecule has 1 aliphatic rings. The molecule has 1 atom stereocenters. The number of aromatic hydroxyl groups is 1. The van der Waals surface area contributed by atoms with Gasteiger partial charge in [0.25, 0.3) is 5.91 Å². The fourth-order valence-corrected chi connectivity index (χ4v) is 2.78. The largest absolute Gasteiger partial charge is 0.506 e. The quantitative estimate of drug-likeness (QED) is 0.475. The highest BCUT2D eigenvalue weighted by Crippen LogP contribution is 2.41. The standard InChI is InChI=1S/C19H22N2O4/c1-12-2-4-13(5-3-12)8-9-20-10-16(23)14-6-7-15(22)18-19(14)25-11-17(24)21-18/h2-7,16,20,22-23H,8-11H2,1H3,(H,21,24). The van der Waals surface area contributed by atoms with E-state index in [1.54, 1.807) is 6.07 Å². The molecule has 132 valence electrons. The lowest BCUT2D eigenvalue weighted by atomic mass is 10.0. The summed E-state index contributed by atoms with van der Waals surface area (Å²) in [6.07, 6.45) is 0.0649. The molecule has 0 saturated carbocycles. The lowest BCUT2D eigenvalue weighted by molar-refractivity contribution is -0.118. The predicted octanol–water partition coefficient (Wildman–Crippen LogP) is 1.90. The number of fused-ring (bicyclic) bond motifs is 1. The molecule has 6 nitrogen and oxygen atoms in total. The number of phenolic OH excluding ortho intramolecular Hbond substituents is 1. The lowest BCUT2D eigenvalue weighted by Crippen LogP contribution is -2.28. The molecule has 1 aliphatic heterocycles. The highest BCUT2D eigenvalue weighted by Gasteiger charge is 2.25. The van der Waals surface area contributed by atoms with Crippen molar-refractivity contribution in [3.05, 3.63) is 53.1 Å². The van der Waals surface area contributed by atoms with Crippen LogP contribution in [-0.2, 0) is 11.2 Å². The number of rotatable bonds is 6. The Labute approximate surface area is 146 Å². The Morgan fingerprint density at radius 2 is 2.00 bits per heavy atom. The molecule has 0 bridgehead atoms. The van der Waals surface area contributed by atoms with Crippen LogP contribution in [0.2, 0.25) is 0 Å². The monoisotopic (exact) mass is 342 g/mol. The van der Waals surface area contributed by atoms with Gasteiger partial charge in [-0.25, -0.2) is 0 Å². The van der Waals surface area contributed by atoms with Crippen LogP contribution < -0.4 is 15.4 Å². The van der Waals surface area contributed by atoms with Crippen LogP contribution in [-0.4, -0.2) is 35.8 Å². The zero-order valence-electron chi connectivity index (χ0n) is 14.1. The average molecular weight is 342 g/mol. The highest BCUT2D eigenvalue weighted by atomic mass is 16.5. The van der Waals surface area contributed by atoms with E-state index >= 15 is 0 Å². The third-order valence-corrected chi connectivity index (χ3v) is 4.19. The van der Waals surface area contributed by atoms with Gasteiger partial charge in [0, 0.05) is 12.1 Å². The SMILES string of the molecule is Cc1ccc(CCNCC(O)c2ccc(O)c3c2OCC(=O)N3)cc1. The number of phenols is 1. The molecule has 0 aliphatic carbocycles. The molecular formula is C19H22N2O4. The summed E-state index contributed by atoms with van der Waals surface area (Å²) in [5, 5.41) is 26.1. The number of aliphatic hydroxyl groups excluding tert-OH is 1. The van der Waals surface area contributed by atoms with Crippen LogP contribution in [0.5, 0.6) is 11.5 Å². The lowest BCUT2D eigenvalue weighted by Gasteiger charge is -2.23. The number of aliphatic hydroxyl groups is 1. The first-order valence-electron chi connectivity index (χ1n) is 8.27. The van der Waals surface area contributed by atoms with E-state index in [1.807, 2.05) is 0 Å². The predicted molar refractivity (Wildman–Crippen MR) is 94.9 cm³/mol. The van der Waals surface area contributed by atoms with Gasteiger partial charge in [0.05, 0.1) is 6.10 Å². The second-order valence-corrected chi connectivity index (χ2v) is 6.17. The number of amides is 1. The van der Waals surface area contributed by atoms with Crippen molar-refractivity contribution >= 4 is 11.6 Å². The fourth-order valence-electron chi connectivity index (χ4n) is 2.78. The average Bonchev–Trinajstić information content (AvgIpc) is 2.61. The minimum atomic E-state index is -0.803. The van der Waals surface area contributed by atoms with Gasteiger partial charge >= 0.3 is 0 Å². The molecule has 0 spiro atoms. The summed E-state index contributed by atoms with van der Waals surface area (Å²) in [5.41, 5.74) is 3.22. The van der Waals surface area contributed by atoms with E-state index in [1.165, 1.54) is 17.2 Å². The van der Waals surface area contributed by atoms with Crippen molar-refractivity contribution in [2.24, 2.45) is 0 Å². The second-order valence-electron chi connectivity index (χ2n) is 6.17. The summed E-state index contributed by atoms with van der Waals surface area (Å²) >= 11 is 0. The van der Waals surface area contributed by atoms with Gasteiger partial charge in [-0.2, -0.15) is 0 Å². The molecule has 0 fully saturated rings. The van der Waals surface area contributed by atoms with Crippen molar-refractivity contribution < 1.29 is 19.7 Å². The van der Waals surface area contributed by atoms with Gasteiger partial charge in [0.1, 0.15) is 11.4 Å². The van der Waals surface area contributed by atoms with Crippen molar-refractivity contribution in [1.82, 2.24) is 5.32 Å². The summed E-state index contributed by atoms with van der Waals surface area (Å²) in [5.74, 6) is -0.0792. The minimum absolute atomic E-state index is 0.0775. The Morgan fingerprint density at radius 1 is 1.24 bits per heavy atom. The third-order valence-electron chi connectivity index (χ3n) is 4.19. The highest BCUT2D eigenvalue weighted by molar-refractivity contribution is 5.97. The molecule has 3 rings (SSSR count). The number of aryl methyl sites for hydroxylation is 1. The first-order valence-corrected chi connectivity index (χ1v) is 8.27. The van der Waals surface area contributed by atoms with Gasteiger partial charge < -0.3 is 25.6 Å². The van der Waals surface area contributed by atoms with Crippen LogP contribution in [0.25, 0.3) is 0 Å². The summed E-state index contributed by atoms with van der Waals surface area (Å²) < 4.78 is 5.40. The molecular weight excluding hydrogens is 320 g/mol. The van der Waals surface area contributed by atoms with E-state index in [9.17, 15) is 15.0 Å². The Bertz CT molecular complexity index is 759. The molecule has 2 aromatic rings. The molecule has 2 aromatic carbocycles. The van der Waals surface area contributed by atoms with Crippen LogP contribution in [0.3, 0.4) is 0 Å². The van der Waals surface area contributed by atoms with Gasteiger partial charge in [-0.15, -0.1) is 0 Å². The first kappa shape index (κ1) is 17.3. The zero-order chi connectivity index (χ0) is 17.8. The molecule has 25 heavy (non-hydrogen) atoms. The molecule has 0 saturated heterocycles. The molecule has 1 amide bonds. The normalized spacial score (nSPS) is 14.4. The number of nitrogens with one attached hydrogen (secondary N) is 2. The van der Waals surface area contributed by atoms with Crippen molar-refractivity contribution in [3.8, 4) is 11.5 Å². The van der Waals surface area contributed by atoms with Crippen molar-refractivity contribution in [1.29, 1.82) is 0 Å².